The van der Waals surface area contributed by atoms with Crippen LogP contribution in [0.5, 0.6) is 0 Å². The summed E-state index contributed by atoms with van der Waals surface area (Å²) in [5, 5.41) is 0. The van der Waals surface area contributed by atoms with Gasteiger partial charge in [-0.15, -0.1) is 11.8 Å². The first-order valence-electron chi connectivity index (χ1n) is 4.96. The van der Waals surface area contributed by atoms with Crippen molar-refractivity contribution in [3.63, 3.8) is 0 Å². The molecular formula is C11H14N2OS. The van der Waals surface area contributed by atoms with E-state index in [0.717, 1.165) is 18.7 Å². The first kappa shape index (κ1) is 10.5. The van der Waals surface area contributed by atoms with Crippen LogP contribution in [-0.4, -0.2) is 18.3 Å². The molecule has 2 rings (SSSR count). The molecule has 0 bridgehead atoms. The van der Waals surface area contributed by atoms with E-state index in [9.17, 15) is 4.79 Å². The number of hydrogen-bond acceptors (Lipinski definition) is 3. The molecule has 1 aromatic carbocycles. The largest absolute Gasteiger partial charge is 0.322 e. The number of carbonyl (C=O) groups excluding carboxylic acids is 1. The number of amides is 1. The molecule has 1 aliphatic rings. The summed E-state index contributed by atoms with van der Waals surface area (Å²) in [5.41, 5.74) is 7.79. The highest BCUT2D eigenvalue weighted by Gasteiger charge is 2.21. The maximum absolute atomic E-state index is 11.3. The summed E-state index contributed by atoms with van der Waals surface area (Å²) < 4.78 is 0. The Morgan fingerprint density at radius 2 is 2.40 bits per heavy atom. The Balaban J connectivity index is 2.29. The monoisotopic (exact) mass is 222 g/mol. The predicted octanol–water partition coefficient (Wildman–Crippen LogP) is 1.60. The average Bonchev–Trinajstić information content (AvgIpc) is 2.61. The van der Waals surface area contributed by atoms with Crippen LogP contribution in [0.15, 0.2) is 23.1 Å². The molecule has 2 N–H and O–H groups in total. The molecular weight excluding hydrogens is 208 g/mol. The van der Waals surface area contributed by atoms with E-state index in [0.29, 0.717) is 5.88 Å². The van der Waals surface area contributed by atoms with E-state index in [1.165, 1.54) is 10.5 Å². The lowest BCUT2D eigenvalue weighted by Gasteiger charge is -2.14. The normalized spacial score (nSPS) is 14.1. The van der Waals surface area contributed by atoms with Crippen molar-refractivity contribution in [2.75, 3.05) is 17.3 Å². The van der Waals surface area contributed by atoms with Crippen LogP contribution in [0.25, 0.3) is 0 Å². The minimum atomic E-state index is 0.118. The van der Waals surface area contributed by atoms with E-state index >= 15 is 0 Å². The number of carbonyl (C=O) groups is 1. The number of rotatable bonds is 2. The van der Waals surface area contributed by atoms with Crippen LogP contribution < -0.4 is 10.6 Å². The molecule has 1 amide bonds. The summed E-state index contributed by atoms with van der Waals surface area (Å²) in [6, 6.07) is 6.18. The molecule has 0 fully saturated rings. The topological polar surface area (TPSA) is 46.3 Å². The summed E-state index contributed by atoms with van der Waals surface area (Å²) in [6.45, 7) is 2.42. The van der Waals surface area contributed by atoms with Gasteiger partial charge in [-0.2, -0.15) is 0 Å². The molecule has 1 aliphatic heterocycles. The molecule has 1 aromatic rings. The molecule has 1 heterocycles. The Kier molecular flexibility index (Phi) is 2.98. The Morgan fingerprint density at radius 1 is 1.60 bits per heavy atom. The summed E-state index contributed by atoms with van der Waals surface area (Å²) in [5.74, 6) is 0.711. The molecule has 0 saturated carbocycles. The van der Waals surface area contributed by atoms with Gasteiger partial charge in [-0.3, -0.25) is 4.79 Å². The number of anilines is 1. The Labute approximate surface area is 93.6 Å². The van der Waals surface area contributed by atoms with Crippen molar-refractivity contribution < 1.29 is 4.79 Å². The molecule has 0 aliphatic carbocycles. The van der Waals surface area contributed by atoms with Crippen LogP contribution in [-0.2, 0) is 11.2 Å². The van der Waals surface area contributed by atoms with Gasteiger partial charge in [0, 0.05) is 29.9 Å². The van der Waals surface area contributed by atoms with Gasteiger partial charge in [0.05, 0.1) is 0 Å². The van der Waals surface area contributed by atoms with Gasteiger partial charge in [0.15, 0.2) is 0 Å². The van der Waals surface area contributed by atoms with Crippen molar-refractivity contribution in [1.29, 1.82) is 0 Å². The minimum Gasteiger partial charge on any atom is -0.322 e. The Hall–Kier alpha value is -1.00. The second kappa shape index (κ2) is 4.24. The molecule has 4 heteroatoms. The molecule has 0 unspecified atom stereocenters. The van der Waals surface area contributed by atoms with Crippen LogP contribution in [0.1, 0.15) is 12.5 Å². The molecule has 80 valence electrons. The first-order chi connectivity index (χ1) is 7.22. The number of nitrogens with two attached hydrogens (primary N) is 1. The first-order valence-corrected chi connectivity index (χ1v) is 5.95. The van der Waals surface area contributed by atoms with Crippen molar-refractivity contribution in [2.24, 2.45) is 5.73 Å². The van der Waals surface area contributed by atoms with Gasteiger partial charge in [0.2, 0.25) is 5.91 Å². The lowest BCUT2D eigenvalue weighted by Crippen LogP contribution is -2.25. The predicted molar refractivity (Wildman–Crippen MR) is 63.1 cm³/mol. The van der Waals surface area contributed by atoms with Gasteiger partial charge in [-0.1, -0.05) is 0 Å². The number of thioether (sulfide) groups is 1. The number of hydrogen-bond donors (Lipinski definition) is 1. The molecule has 15 heavy (non-hydrogen) atoms. The van der Waals surface area contributed by atoms with Crippen molar-refractivity contribution in [2.45, 2.75) is 18.2 Å². The molecule has 3 nitrogen and oxygen atoms in total. The maximum atomic E-state index is 11.3. The highest BCUT2D eigenvalue weighted by atomic mass is 32.2. The van der Waals surface area contributed by atoms with E-state index in [2.05, 4.69) is 6.07 Å². The summed E-state index contributed by atoms with van der Waals surface area (Å²) in [7, 11) is 0. The lowest BCUT2D eigenvalue weighted by atomic mass is 10.2. The molecule has 0 radical (unpaired) electrons. The molecule has 0 saturated heterocycles. The van der Waals surface area contributed by atoms with Gasteiger partial charge in [-0.25, -0.2) is 0 Å². The van der Waals surface area contributed by atoms with Gasteiger partial charge in [0.25, 0.3) is 0 Å². The summed E-state index contributed by atoms with van der Waals surface area (Å²) >= 11 is 1.63. The average molecular weight is 222 g/mol. The van der Waals surface area contributed by atoms with Crippen LogP contribution >= 0.6 is 11.8 Å². The van der Waals surface area contributed by atoms with Crippen molar-refractivity contribution >= 4 is 23.4 Å². The van der Waals surface area contributed by atoms with Crippen molar-refractivity contribution in [3.05, 3.63) is 23.8 Å². The minimum absolute atomic E-state index is 0.118. The highest BCUT2D eigenvalue weighted by Crippen LogP contribution is 2.31. The maximum Gasteiger partial charge on any atom is 0.223 e. The fourth-order valence-electron chi connectivity index (χ4n) is 1.89. The van der Waals surface area contributed by atoms with E-state index in [-0.39, 0.29) is 5.91 Å². The van der Waals surface area contributed by atoms with Crippen LogP contribution in [0.2, 0.25) is 0 Å². The number of benzene rings is 1. The van der Waals surface area contributed by atoms with Crippen molar-refractivity contribution in [3.8, 4) is 0 Å². The quantitative estimate of drug-likeness (QED) is 0.611. The molecule has 0 spiro atoms. The van der Waals surface area contributed by atoms with Gasteiger partial charge < -0.3 is 10.6 Å². The van der Waals surface area contributed by atoms with E-state index in [1.807, 2.05) is 17.0 Å². The molecule has 0 aromatic heterocycles. The van der Waals surface area contributed by atoms with E-state index < -0.39 is 0 Å². The fourth-order valence-corrected chi connectivity index (χ4v) is 2.47. The number of fused-ring (bicyclic) bond motifs is 1. The molecule has 0 atom stereocenters. The van der Waals surface area contributed by atoms with Gasteiger partial charge in [-0.05, 0) is 30.2 Å². The number of nitrogens with zero attached hydrogens (tertiary/aromatic N) is 1. The van der Waals surface area contributed by atoms with Gasteiger partial charge >= 0.3 is 0 Å². The lowest BCUT2D eigenvalue weighted by molar-refractivity contribution is -0.116. The van der Waals surface area contributed by atoms with E-state index in [1.54, 1.807) is 18.7 Å². The third-order valence-corrected chi connectivity index (χ3v) is 3.33. The van der Waals surface area contributed by atoms with Crippen LogP contribution in [0.4, 0.5) is 5.69 Å². The zero-order chi connectivity index (χ0) is 10.8. The van der Waals surface area contributed by atoms with E-state index in [4.69, 9.17) is 5.73 Å². The van der Waals surface area contributed by atoms with Crippen LogP contribution in [0, 0.1) is 0 Å². The Morgan fingerprint density at radius 3 is 3.07 bits per heavy atom. The Bertz CT molecular complexity index is 392. The standard InChI is InChI=1S/C11H14N2OS/c1-8(14)13-5-4-9-6-10(15-7-12)2-3-11(9)13/h2-3,6H,4-5,7,12H2,1H3. The summed E-state index contributed by atoms with van der Waals surface area (Å²) in [4.78, 5) is 14.3. The second-order valence-electron chi connectivity index (χ2n) is 3.52. The van der Waals surface area contributed by atoms with Crippen molar-refractivity contribution in [1.82, 2.24) is 0 Å². The zero-order valence-electron chi connectivity index (χ0n) is 8.69. The highest BCUT2D eigenvalue weighted by molar-refractivity contribution is 7.99. The second-order valence-corrected chi connectivity index (χ2v) is 4.62. The van der Waals surface area contributed by atoms with Crippen LogP contribution in [0.3, 0.4) is 0 Å². The zero-order valence-corrected chi connectivity index (χ0v) is 9.51. The SMILES string of the molecule is CC(=O)N1CCc2cc(SCN)ccc21. The fraction of sp³-hybridized carbons (Fsp3) is 0.364. The third-order valence-electron chi connectivity index (χ3n) is 2.58. The summed E-state index contributed by atoms with van der Waals surface area (Å²) in [6.07, 6.45) is 0.952. The third kappa shape index (κ3) is 2.01. The van der Waals surface area contributed by atoms with Gasteiger partial charge in [0.1, 0.15) is 0 Å². The smallest absolute Gasteiger partial charge is 0.223 e.